The molecule has 246 valence electrons. The van der Waals surface area contributed by atoms with Gasteiger partial charge in [-0.15, -0.1) is 5.10 Å². The van der Waals surface area contributed by atoms with Crippen molar-refractivity contribution in [1.29, 1.82) is 0 Å². The third-order valence-corrected chi connectivity index (χ3v) is 10.8. The van der Waals surface area contributed by atoms with Crippen LogP contribution in [0.4, 0.5) is 0 Å². The highest BCUT2D eigenvalue weighted by Crippen LogP contribution is 2.52. The fourth-order valence-corrected chi connectivity index (χ4v) is 8.45. The molecular weight excluding hydrogens is 643 g/mol. The number of hydrogen-bond acceptors (Lipinski definition) is 2. The Morgan fingerprint density at radius 3 is 1.58 bits per heavy atom. The van der Waals surface area contributed by atoms with Crippen LogP contribution in [0.3, 0.4) is 0 Å². The predicted molar refractivity (Wildman–Crippen MR) is 220 cm³/mol. The molecule has 0 saturated carbocycles. The minimum atomic E-state index is 0.699. The number of benzene rings is 8. The molecule has 2 aromatic heterocycles. The first-order valence-electron chi connectivity index (χ1n) is 18.1. The summed E-state index contributed by atoms with van der Waals surface area (Å²) >= 11 is 0. The Morgan fingerprint density at radius 1 is 0.340 bits per heavy atom. The lowest BCUT2D eigenvalue weighted by molar-refractivity contribution is 0.968. The number of fused-ring (bicyclic) bond motifs is 8. The molecule has 1 aliphatic carbocycles. The van der Waals surface area contributed by atoms with Crippen LogP contribution in [0, 0.1) is 0 Å². The smallest absolute Gasteiger partial charge is 0.182 e. The van der Waals surface area contributed by atoms with E-state index in [4.69, 9.17) is 10.1 Å². The summed E-state index contributed by atoms with van der Waals surface area (Å²) in [5.41, 5.74) is 16.3. The van der Waals surface area contributed by atoms with Gasteiger partial charge in [0.1, 0.15) is 0 Å². The highest BCUT2D eigenvalue weighted by atomic mass is 15.3. The quantitative estimate of drug-likeness (QED) is 0.174. The van der Waals surface area contributed by atoms with Crippen LogP contribution in [0.1, 0.15) is 0 Å². The lowest BCUT2D eigenvalue weighted by Crippen LogP contribution is -1.93. The van der Waals surface area contributed by atoms with E-state index in [9.17, 15) is 0 Å². The minimum absolute atomic E-state index is 0.699. The molecule has 2 heterocycles. The maximum Gasteiger partial charge on any atom is 0.182 e. The molecule has 0 atom stereocenters. The second-order valence-corrected chi connectivity index (χ2v) is 13.8. The van der Waals surface area contributed by atoms with Gasteiger partial charge in [0.05, 0.1) is 0 Å². The summed E-state index contributed by atoms with van der Waals surface area (Å²) in [6.45, 7) is 0. The van der Waals surface area contributed by atoms with Crippen molar-refractivity contribution >= 4 is 27.2 Å². The number of pyridine rings is 1. The van der Waals surface area contributed by atoms with Gasteiger partial charge in [0, 0.05) is 22.9 Å². The van der Waals surface area contributed by atoms with Gasteiger partial charge in [-0.1, -0.05) is 176 Å². The van der Waals surface area contributed by atoms with Gasteiger partial charge in [-0.05, 0) is 83.2 Å². The van der Waals surface area contributed by atoms with E-state index in [1.807, 2.05) is 16.6 Å². The van der Waals surface area contributed by atoms with Gasteiger partial charge in [0.2, 0.25) is 0 Å². The van der Waals surface area contributed by atoms with Crippen molar-refractivity contribution in [3.63, 3.8) is 0 Å². The van der Waals surface area contributed by atoms with Gasteiger partial charge in [-0.2, -0.15) is 0 Å². The Hall–Kier alpha value is -7.10. The van der Waals surface area contributed by atoms with E-state index >= 15 is 0 Å². The predicted octanol–water partition coefficient (Wildman–Crippen LogP) is 13.0. The zero-order valence-corrected chi connectivity index (χ0v) is 28.7. The van der Waals surface area contributed by atoms with E-state index in [1.54, 1.807) is 0 Å². The standard InChI is InChI=1S/C50H31N3/c1-3-14-32(15-4-1)36-30-45(33-16-5-2-6-17-33)50-51-49(52-53(50)31-36)35-28-26-34(27-29-35)46-42-22-11-12-23-43(42)47-40-21-10-9-20-38(40)37-18-7-8-19-39(37)41-24-13-25-44(46)48(41)47/h1-31H. The van der Waals surface area contributed by atoms with Crippen LogP contribution in [0.15, 0.2) is 188 Å². The maximum atomic E-state index is 5.14. The average molecular weight is 674 g/mol. The van der Waals surface area contributed by atoms with Gasteiger partial charge in [-0.3, -0.25) is 0 Å². The summed E-state index contributed by atoms with van der Waals surface area (Å²) < 4.78 is 1.94. The minimum Gasteiger partial charge on any atom is -0.219 e. The molecule has 0 fully saturated rings. The van der Waals surface area contributed by atoms with Gasteiger partial charge in [0.25, 0.3) is 0 Å². The van der Waals surface area contributed by atoms with E-state index in [1.165, 1.54) is 66.1 Å². The highest BCUT2D eigenvalue weighted by Gasteiger charge is 2.25. The van der Waals surface area contributed by atoms with E-state index in [2.05, 4.69) is 176 Å². The SMILES string of the molecule is c1ccc(-c2cc(-c3ccccc3)c3nc(-c4ccc(-c5c6ccccc6c6c7c(cccc57)-c5ccccc5-c5ccccc5-6)cc4)nn3c2)cc1. The summed E-state index contributed by atoms with van der Waals surface area (Å²) in [6.07, 6.45) is 2.09. The van der Waals surface area contributed by atoms with E-state index in [0.717, 1.165) is 33.5 Å². The Labute approximate surface area is 307 Å². The molecule has 3 nitrogen and oxygen atoms in total. The van der Waals surface area contributed by atoms with Crippen molar-refractivity contribution in [2.45, 2.75) is 0 Å². The third-order valence-electron chi connectivity index (χ3n) is 10.8. The van der Waals surface area contributed by atoms with Crippen molar-refractivity contribution in [3.05, 3.63) is 188 Å². The van der Waals surface area contributed by atoms with Crippen molar-refractivity contribution < 1.29 is 0 Å². The van der Waals surface area contributed by atoms with Crippen molar-refractivity contribution in [1.82, 2.24) is 14.6 Å². The molecule has 53 heavy (non-hydrogen) atoms. The molecule has 0 bridgehead atoms. The van der Waals surface area contributed by atoms with Gasteiger partial charge in [0.15, 0.2) is 11.5 Å². The summed E-state index contributed by atoms with van der Waals surface area (Å²) in [5, 5.41) is 10.1. The first-order valence-corrected chi connectivity index (χ1v) is 18.1. The molecule has 3 heteroatoms. The van der Waals surface area contributed by atoms with Crippen LogP contribution in [-0.4, -0.2) is 14.6 Å². The van der Waals surface area contributed by atoms with Crippen LogP contribution in [0.2, 0.25) is 0 Å². The van der Waals surface area contributed by atoms with Crippen molar-refractivity contribution in [2.75, 3.05) is 0 Å². The van der Waals surface area contributed by atoms with Gasteiger partial charge >= 0.3 is 0 Å². The van der Waals surface area contributed by atoms with E-state index in [0.29, 0.717) is 5.82 Å². The van der Waals surface area contributed by atoms with Crippen molar-refractivity contribution in [3.8, 4) is 78.1 Å². The second-order valence-electron chi connectivity index (χ2n) is 13.8. The van der Waals surface area contributed by atoms with Crippen LogP contribution >= 0.6 is 0 Å². The highest BCUT2D eigenvalue weighted by molar-refractivity contribution is 6.27. The zero-order chi connectivity index (χ0) is 34.9. The number of aromatic nitrogens is 3. The molecule has 0 N–H and O–H groups in total. The first kappa shape index (κ1) is 29.6. The lowest BCUT2D eigenvalue weighted by Gasteiger charge is -2.19. The topological polar surface area (TPSA) is 30.2 Å². The Bertz CT molecular complexity index is 3030. The maximum absolute atomic E-state index is 5.14. The largest absolute Gasteiger partial charge is 0.219 e. The molecule has 11 rings (SSSR count). The summed E-state index contributed by atoms with van der Waals surface area (Å²) in [4.78, 5) is 5.14. The normalized spacial score (nSPS) is 11.8. The van der Waals surface area contributed by atoms with Crippen molar-refractivity contribution in [2.24, 2.45) is 0 Å². The number of nitrogens with zero attached hydrogens (tertiary/aromatic N) is 3. The molecule has 0 amide bonds. The molecule has 0 aliphatic heterocycles. The second kappa shape index (κ2) is 11.7. The van der Waals surface area contributed by atoms with Gasteiger partial charge in [-0.25, -0.2) is 9.50 Å². The molecular formula is C50H31N3. The van der Waals surface area contributed by atoms with Gasteiger partial charge < -0.3 is 0 Å². The molecule has 0 spiro atoms. The molecule has 1 aliphatic rings. The fourth-order valence-electron chi connectivity index (χ4n) is 8.45. The summed E-state index contributed by atoms with van der Waals surface area (Å²) in [6, 6.07) is 65.4. The zero-order valence-electron chi connectivity index (χ0n) is 28.7. The third kappa shape index (κ3) is 4.61. The van der Waals surface area contributed by atoms with E-state index in [-0.39, 0.29) is 0 Å². The molecule has 0 saturated heterocycles. The Morgan fingerprint density at radius 2 is 0.868 bits per heavy atom. The van der Waals surface area contributed by atoms with Crippen LogP contribution in [0.25, 0.3) is 105 Å². The number of hydrogen-bond donors (Lipinski definition) is 0. The molecule has 0 unspecified atom stereocenters. The monoisotopic (exact) mass is 673 g/mol. The number of rotatable bonds is 4. The average Bonchev–Trinajstić information content (AvgIpc) is 3.62. The fraction of sp³-hybridized carbons (Fsp3) is 0. The van der Waals surface area contributed by atoms with E-state index < -0.39 is 0 Å². The molecule has 0 radical (unpaired) electrons. The van der Waals surface area contributed by atoms with Crippen LogP contribution < -0.4 is 0 Å². The summed E-state index contributed by atoms with van der Waals surface area (Å²) in [7, 11) is 0. The molecule has 10 aromatic rings. The summed E-state index contributed by atoms with van der Waals surface area (Å²) in [5.74, 6) is 0.699. The van der Waals surface area contributed by atoms with Crippen LogP contribution in [0.5, 0.6) is 0 Å². The molecule has 8 aromatic carbocycles. The van der Waals surface area contributed by atoms with Crippen LogP contribution in [-0.2, 0) is 0 Å². The Balaban J connectivity index is 1.10. The Kier molecular flexibility index (Phi) is 6.55. The first-order chi connectivity index (χ1) is 26.3. The lowest BCUT2D eigenvalue weighted by atomic mass is 9.84.